The number of nitrogens with zero attached hydrogens (tertiary/aromatic N) is 4. The van der Waals surface area contributed by atoms with Crippen LogP contribution in [0, 0.1) is 5.41 Å². The van der Waals surface area contributed by atoms with Crippen molar-refractivity contribution in [1.29, 1.82) is 0 Å². The minimum absolute atomic E-state index is 0.323. The predicted molar refractivity (Wildman–Crippen MR) is 116 cm³/mol. The van der Waals surface area contributed by atoms with Gasteiger partial charge in [0, 0.05) is 38.8 Å². The van der Waals surface area contributed by atoms with E-state index in [2.05, 4.69) is 27.1 Å². The third kappa shape index (κ3) is 3.56. The van der Waals surface area contributed by atoms with Crippen molar-refractivity contribution in [3.05, 3.63) is 23.5 Å². The number of hydrogen-bond acceptors (Lipinski definition) is 7. The van der Waals surface area contributed by atoms with E-state index in [-0.39, 0.29) is 0 Å². The molecule has 2 aliphatic carbocycles. The molecule has 0 bridgehead atoms. The van der Waals surface area contributed by atoms with Crippen LogP contribution in [0.15, 0.2) is 22.8 Å². The van der Waals surface area contributed by atoms with Crippen LogP contribution in [-0.4, -0.2) is 54.2 Å². The van der Waals surface area contributed by atoms with Crippen molar-refractivity contribution >= 4 is 23.1 Å². The zero-order valence-electron chi connectivity index (χ0n) is 17.6. The number of aliphatic imine (C=N–C) groups is 1. The van der Waals surface area contributed by atoms with E-state index in [1.54, 1.807) is 13.2 Å². The lowest BCUT2D eigenvalue weighted by molar-refractivity contribution is -0.127. The summed E-state index contributed by atoms with van der Waals surface area (Å²) >= 11 is 0. The van der Waals surface area contributed by atoms with Crippen LogP contribution in [0.2, 0.25) is 0 Å². The highest BCUT2D eigenvalue weighted by molar-refractivity contribution is 6.21. The molecule has 1 aromatic rings. The van der Waals surface area contributed by atoms with Crippen LogP contribution in [0.5, 0.6) is 0 Å². The fraction of sp³-hybridized carbons (Fsp3) is 0.636. The van der Waals surface area contributed by atoms with Crippen molar-refractivity contribution in [3.8, 4) is 0 Å². The van der Waals surface area contributed by atoms with E-state index in [1.807, 2.05) is 6.07 Å². The van der Waals surface area contributed by atoms with Crippen molar-refractivity contribution in [2.45, 2.75) is 57.9 Å². The fourth-order valence-electron chi connectivity index (χ4n) is 5.19. The molecule has 3 aliphatic rings. The number of nitrogens with one attached hydrogen (secondary N) is 1. The van der Waals surface area contributed by atoms with Crippen LogP contribution in [0.25, 0.3) is 5.70 Å². The van der Waals surface area contributed by atoms with E-state index in [0.717, 1.165) is 81.1 Å². The number of rotatable bonds is 2. The molecule has 156 valence electrons. The van der Waals surface area contributed by atoms with Crippen LogP contribution >= 0.6 is 0 Å². The van der Waals surface area contributed by atoms with Gasteiger partial charge in [-0.25, -0.2) is 9.97 Å². The molecule has 2 heterocycles. The number of hydrogen-bond donors (Lipinski definition) is 2. The van der Waals surface area contributed by atoms with Gasteiger partial charge in [0.1, 0.15) is 5.78 Å². The van der Waals surface area contributed by atoms with Gasteiger partial charge >= 0.3 is 0 Å². The first kappa shape index (κ1) is 20.0. The lowest BCUT2D eigenvalue weighted by atomic mass is 9.70. The Morgan fingerprint density at radius 2 is 2.17 bits per heavy atom. The zero-order chi connectivity index (χ0) is 20.4. The van der Waals surface area contributed by atoms with Crippen molar-refractivity contribution in [3.63, 3.8) is 0 Å². The van der Waals surface area contributed by atoms with Crippen molar-refractivity contribution in [2.75, 3.05) is 31.6 Å². The number of ketones is 1. The predicted octanol–water partition coefficient (Wildman–Crippen LogP) is 2.33. The molecule has 2 atom stereocenters. The molecule has 0 amide bonds. The van der Waals surface area contributed by atoms with E-state index in [1.165, 1.54) is 0 Å². The van der Waals surface area contributed by atoms with E-state index < -0.39 is 5.41 Å². The molecule has 1 unspecified atom stereocenters. The first-order valence-electron chi connectivity index (χ1n) is 10.9. The highest BCUT2D eigenvalue weighted by Crippen LogP contribution is 2.48. The lowest BCUT2D eigenvalue weighted by Gasteiger charge is -2.32. The summed E-state index contributed by atoms with van der Waals surface area (Å²) in [6.45, 7) is 5.04. The minimum atomic E-state index is -0.423. The summed E-state index contributed by atoms with van der Waals surface area (Å²) < 4.78 is 0. The maximum absolute atomic E-state index is 12.8. The van der Waals surface area contributed by atoms with E-state index in [0.29, 0.717) is 23.9 Å². The number of carbonyl (C=O) groups excluding carboxylic acids is 1. The van der Waals surface area contributed by atoms with Crippen molar-refractivity contribution < 1.29 is 4.79 Å². The first-order chi connectivity index (χ1) is 14.1. The quantitative estimate of drug-likeness (QED) is 0.796. The van der Waals surface area contributed by atoms with Gasteiger partial charge in [0.2, 0.25) is 5.95 Å². The highest BCUT2D eigenvalue weighted by Gasteiger charge is 2.49. The summed E-state index contributed by atoms with van der Waals surface area (Å²) in [5, 5.41) is 3.45. The first-order valence-corrected chi connectivity index (χ1v) is 10.9. The molecule has 1 saturated heterocycles. The molecule has 7 nitrogen and oxygen atoms in total. The van der Waals surface area contributed by atoms with Crippen LogP contribution in [0.4, 0.5) is 5.95 Å². The molecule has 3 fully saturated rings. The molecule has 1 aliphatic heterocycles. The van der Waals surface area contributed by atoms with Crippen LogP contribution in [0.3, 0.4) is 0 Å². The summed E-state index contributed by atoms with van der Waals surface area (Å²) in [5.41, 5.74) is 9.48. The summed E-state index contributed by atoms with van der Waals surface area (Å²) in [5.74, 6) is 1.06. The Morgan fingerprint density at radius 1 is 1.31 bits per heavy atom. The second-order valence-electron chi connectivity index (χ2n) is 8.52. The molecule has 2 saturated carbocycles. The monoisotopic (exact) mass is 396 g/mol. The zero-order valence-corrected chi connectivity index (χ0v) is 17.6. The van der Waals surface area contributed by atoms with Crippen LogP contribution < -0.4 is 16.0 Å². The second kappa shape index (κ2) is 8.22. The average Bonchev–Trinajstić information content (AvgIpc) is 2.96. The van der Waals surface area contributed by atoms with E-state index >= 15 is 0 Å². The summed E-state index contributed by atoms with van der Waals surface area (Å²) in [6.07, 6.45) is 8.07. The largest absolute Gasteiger partial charge is 0.397 e. The van der Waals surface area contributed by atoms with Gasteiger partial charge in [0.05, 0.1) is 22.5 Å². The minimum Gasteiger partial charge on any atom is -0.397 e. The van der Waals surface area contributed by atoms with E-state index in [4.69, 9.17) is 10.7 Å². The summed E-state index contributed by atoms with van der Waals surface area (Å²) in [7, 11) is 1.79. The second-order valence-corrected chi connectivity index (χ2v) is 8.52. The van der Waals surface area contributed by atoms with Gasteiger partial charge in [-0.3, -0.25) is 9.79 Å². The van der Waals surface area contributed by atoms with Gasteiger partial charge in [0.15, 0.2) is 0 Å². The Labute approximate surface area is 172 Å². The maximum atomic E-state index is 12.8. The topological polar surface area (TPSA) is 96.5 Å². The SMILES string of the molecule is CN=C1C(=C(N)c2ccnc(N3CCCNC[C@@H]3C)n2)CCC12CCCCC2=O. The van der Waals surface area contributed by atoms with Crippen molar-refractivity contribution in [1.82, 2.24) is 15.3 Å². The Kier molecular flexibility index (Phi) is 5.67. The molecule has 1 spiro atoms. The standard InChI is InChI=1S/C22H32N6O/c1-15-14-25-11-5-13-28(15)21-26-12-8-17(27-21)19(23)16-7-10-22(20(16)24-2)9-4-3-6-18(22)29/h8,12,15,25H,3-7,9-11,13-14,23H2,1-2H3/t15-,22?/m0/s1. The number of anilines is 1. The molecule has 7 heteroatoms. The molecular formula is C22H32N6O. The molecule has 0 radical (unpaired) electrons. The smallest absolute Gasteiger partial charge is 0.226 e. The molecule has 0 aromatic carbocycles. The van der Waals surface area contributed by atoms with Crippen LogP contribution in [-0.2, 0) is 4.79 Å². The third-order valence-electron chi connectivity index (χ3n) is 6.78. The lowest BCUT2D eigenvalue weighted by Crippen LogP contribution is -2.39. The molecular weight excluding hydrogens is 364 g/mol. The molecule has 4 rings (SSSR count). The van der Waals surface area contributed by atoms with Gasteiger partial charge in [0.25, 0.3) is 0 Å². The summed E-state index contributed by atoms with van der Waals surface area (Å²) in [4.78, 5) is 29.0. The third-order valence-corrected chi connectivity index (χ3v) is 6.78. The van der Waals surface area contributed by atoms with E-state index in [9.17, 15) is 4.79 Å². The van der Waals surface area contributed by atoms with Crippen molar-refractivity contribution in [2.24, 2.45) is 16.1 Å². The Hall–Kier alpha value is -2.28. The average molecular weight is 397 g/mol. The molecule has 3 N–H and O–H groups in total. The number of nitrogens with two attached hydrogens (primary N) is 1. The Morgan fingerprint density at radius 3 is 2.97 bits per heavy atom. The van der Waals surface area contributed by atoms with Gasteiger partial charge in [-0.1, -0.05) is 6.42 Å². The Balaban J connectivity index is 1.68. The van der Waals surface area contributed by atoms with Gasteiger partial charge in [-0.05, 0) is 57.2 Å². The molecule has 1 aromatic heterocycles. The number of aromatic nitrogens is 2. The number of carbonyl (C=O) groups is 1. The highest BCUT2D eigenvalue weighted by atomic mass is 16.1. The fourth-order valence-corrected chi connectivity index (χ4v) is 5.19. The number of allylic oxidation sites excluding steroid dienone is 1. The number of Topliss-reactive ketones (excluding diaryl/α,β-unsaturated/α-hetero) is 1. The van der Waals surface area contributed by atoms with Gasteiger partial charge in [-0.2, -0.15) is 0 Å². The Bertz CT molecular complexity index is 847. The summed E-state index contributed by atoms with van der Waals surface area (Å²) in [6, 6.07) is 2.19. The van der Waals surface area contributed by atoms with Gasteiger partial charge in [-0.15, -0.1) is 0 Å². The van der Waals surface area contributed by atoms with Gasteiger partial charge < -0.3 is 16.0 Å². The normalized spacial score (nSPS) is 31.4. The van der Waals surface area contributed by atoms with Crippen LogP contribution in [0.1, 0.15) is 57.6 Å². The maximum Gasteiger partial charge on any atom is 0.226 e. The molecule has 29 heavy (non-hydrogen) atoms.